The van der Waals surface area contributed by atoms with Crippen molar-refractivity contribution < 1.29 is 0 Å². The average Bonchev–Trinajstić information content (AvgIpc) is 3.53. The number of benzene rings is 6. The summed E-state index contributed by atoms with van der Waals surface area (Å²) in [6.07, 6.45) is 1.85. The Labute approximate surface area is 230 Å². The van der Waals surface area contributed by atoms with Gasteiger partial charge in [-0.2, -0.15) is 0 Å². The largest absolute Gasteiger partial charge is 0.309 e. The minimum absolute atomic E-state index is 1.01. The maximum atomic E-state index is 4.54. The standard InChI is InChI=1S/C37H23N3/c1-2-9-25-22-27(16-15-24(25)8-1)39-32-13-5-3-11-29(32)36-34(39)19-20-35-37(36)30-12-4-6-14-33(30)40(35)28-17-18-31-26(23-28)10-7-21-38-31/h1-23H. The second-order valence-electron chi connectivity index (χ2n) is 10.5. The van der Waals surface area contributed by atoms with E-state index in [1.807, 2.05) is 12.3 Å². The summed E-state index contributed by atoms with van der Waals surface area (Å²) < 4.78 is 4.82. The molecule has 0 saturated heterocycles. The molecule has 0 saturated carbocycles. The molecule has 0 atom stereocenters. The molecule has 0 bridgehead atoms. The number of nitrogens with zero attached hydrogens (tertiary/aromatic N) is 3. The van der Waals surface area contributed by atoms with Gasteiger partial charge in [0.15, 0.2) is 0 Å². The second-order valence-corrected chi connectivity index (χ2v) is 10.5. The number of hydrogen-bond donors (Lipinski definition) is 0. The molecule has 0 aliphatic rings. The van der Waals surface area contributed by atoms with Gasteiger partial charge in [-0.25, -0.2) is 0 Å². The number of para-hydroxylation sites is 2. The van der Waals surface area contributed by atoms with Gasteiger partial charge in [-0.1, -0.05) is 72.8 Å². The summed E-state index contributed by atoms with van der Waals surface area (Å²) in [6, 6.07) is 48.2. The summed E-state index contributed by atoms with van der Waals surface area (Å²) in [4.78, 5) is 4.54. The van der Waals surface area contributed by atoms with Crippen LogP contribution in [-0.4, -0.2) is 14.1 Å². The molecule has 0 fully saturated rings. The fraction of sp³-hybridized carbons (Fsp3) is 0. The highest BCUT2D eigenvalue weighted by molar-refractivity contribution is 6.29. The molecule has 40 heavy (non-hydrogen) atoms. The topological polar surface area (TPSA) is 22.8 Å². The normalized spacial score (nSPS) is 12.0. The first-order valence-corrected chi connectivity index (χ1v) is 13.6. The van der Waals surface area contributed by atoms with Gasteiger partial charge in [0.25, 0.3) is 0 Å². The van der Waals surface area contributed by atoms with Gasteiger partial charge in [0.05, 0.1) is 27.6 Å². The molecule has 0 amide bonds. The summed E-state index contributed by atoms with van der Waals surface area (Å²) in [5.74, 6) is 0. The molecule has 0 radical (unpaired) electrons. The average molecular weight is 510 g/mol. The van der Waals surface area contributed by atoms with Crippen molar-refractivity contribution in [3.8, 4) is 11.4 Å². The Balaban J connectivity index is 1.43. The zero-order valence-electron chi connectivity index (χ0n) is 21.6. The van der Waals surface area contributed by atoms with Crippen LogP contribution in [0.4, 0.5) is 0 Å². The van der Waals surface area contributed by atoms with Crippen molar-refractivity contribution in [1.29, 1.82) is 0 Å². The predicted molar refractivity (Wildman–Crippen MR) is 168 cm³/mol. The third kappa shape index (κ3) is 2.92. The smallest absolute Gasteiger partial charge is 0.0703 e. The monoisotopic (exact) mass is 509 g/mol. The predicted octanol–water partition coefficient (Wildman–Crippen LogP) is 9.58. The van der Waals surface area contributed by atoms with Crippen LogP contribution in [0, 0.1) is 0 Å². The highest BCUT2D eigenvalue weighted by Gasteiger charge is 2.20. The van der Waals surface area contributed by atoms with Crippen LogP contribution in [0.5, 0.6) is 0 Å². The van der Waals surface area contributed by atoms with Crippen molar-refractivity contribution in [3.63, 3.8) is 0 Å². The van der Waals surface area contributed by atoms with Crippen LogP contribution in [0.25, 0.3) is 76.7 Å². The Morgan fingerprint density at radius 2 is 0.950 bits per heavy atom. The van der Waals surface area contributed by atoms with Gasteiger partial charge in [-0.05, 0) is 71.4 Å². The summed E-state index contributed by atoms with van der Waals surface area (Å²) in [5.41, 5.74) is 8.17. The number of hydrogen-bond acceptors (Lipinski definition) is 1. The minimum atomic E-state index is 1.01. The molecule has 6 aromatic carbocycles. The second kappa shape index (κ2) is 8.05. The van der Waals surface area contributed by atoms with Crippen LogP contribution in [0.1, 0.15) is 0 Å². The van der Waals surface area contributed by atoms with Crippen molar-refractivity contribution >= 4 is 65.3 Å². The molecule has 9 rings (SSSR count). The highest BCUT2D eigenvalue weighted by atomic mass is 15.0. The Morgan fingerprint density at radius 1 is 0.400 bits per heavy atom. The fourth-order valence-electron chi connectivity index (χ4n) is 6.59. The first-order chi connectivity index (χ1) is 19.8. The molecule has 3 heteroatoms. The van der Waals surface area contributed by atoms with Gasteiger partial charge in [0.2, 0.25) is 0 Å². The maximum absolute atomic E-state index is 4.54. The van der Waals surface area contributed by atoms with E-state index in [-0.39, 0.29) is 0 Å². The summed E-state index contributed by atoms with van der Waals surface area (Å²) in [5, 5.41) is 8.74. The lowest BCUT2D eigenvalue weighted by Gasteiger charge is -2.10. The molecule has 0 N–H and O–H groups in total. The Hall–Kier alpha value is -5.41. The lowest BCUT2D eigenvalue weighted by Crippen LogP contribution is -1.95. The third-order valence-corrected chi connectivity index (χ3v) is 8.31. The molecule has 9 aromatic rings. The zero-order valence-corrected chi connectivity index (χ0v) is 21.6. The van der Waals surface area contributed by atoms with E-state index in [2.05, 4.69) is 142 Å². The van der Waals surface area contributed by atoms with E-state index < -0.39 is 0 Å². The minimum Gasteiger partial charge on any atom is -0.309 e. The van der Waals surface area contributed by atoms with Crippen molar-refractivity contribution in [3.05, 3.63) is 140 Å². The van der Waals surface area contributed by atoms with E-state index in [0.717, 1.165) is 16.6 Å². The van der Waals surface area contributed by atoms with E-state index in [1.165, 1.54) is 60.1 Å². The Bertz CT molecular complexity index is 2270. The lowest BCUT2D eigenvalue weighted by atomic mass is 10.1. The van der Waals surface area contributed by atoms with Gasteiger partial charge < -0.3 is 9.13 Å². The molecule has 0 aliphatic carbocycles. The maximum Gasteiger partial charge on any atom is 0.0703 e. The van der Waals surface area contributed by atoms with Gasteiger partial charge in [0.1, 0.15) is 0 Å². The van der Waals surface area contributed by atoms with Crippen molar-refractivity contribution in [2.75, 3.05) is 0 Å². The van der Waals surface area contributed by atoms with Gasteiger partial charge in [-0.3, -0.25) is 4.98 Å². The summed E-state index contributed by atoms with van der Waals surface area (Å²) in [7, 11) is 0. The molecule has 186 valence electrons. The zero-order chi connectivity index (χ0) is 26.2. The van der Waals surface area contributed by atoms with E-state index in [4.69, 9.17) is 0 Å². The van der Waals surface area contributed by atoms with E-state index in [1.54, 1.807) is 0 Å². The Kier molecular flexibility index (Phi) is 4.33. The molecule has 0 aliphatic heterocycles. The van der Waals surface area contributed by atoms with E-state index in [0.29, 0.717) is 0 Å². The third-order valence-electron chi connectivity index (χ3n) is 8.31. The quantitative estimate of drug-likeness (QED) is 0.227. The number of pyridine rings is 1. The van der Waals surface area contributed by atoms with Crippen LogP contribution >= 0.6 is 0 Å². The molecule has 0 unspecified atom stereocenters. The van der Waals surface area contributed by atoms with E-state index in [9.17, 15) is 0 Å². The van der Waals surface area contributed by atoms with Crippen LogP contribution in [0.2, 0.25) is 0 Å². The highest BCUT2D eigenvalue weighted by Crippen LogP contribution is 2.42. The molecule has 3 nitrogen and oxygen atoms in total. The molecular weight excluding hydrogens is 486 g/mol. The van der Waals surface area contributed by atoms with Crippen LogP contribution in [0.3, 0.4) is 0 Å². The van der Waals surface area contributed by atoms with E-state index >= 15 is 0 Å². The van der Waals surface area contributed by atoms with Crippen molar-refractivity contribution in [2.24, 2.45) is 0 Å². The lowest BCUT2D eigenvalue weighted by molar-refractivity contribution is 1.18. The van der Waals surface area contributed by atoms with Gasteiger partial charge in [0, 0.05) is 44.5 Å². The van der Waals surface area contributed by atoms with Crippen LogP contribution < -0.4 is 0 Å². The first kappa shape index (κ1) is 21.5. The summed E-state index contributed by atoms with van der Waals surface area (Å²) in [6.45, 7) is 0. The molecule has 3 aromatic heterocycles. The number of rotatable bonds is 2. The first-order valence-electron chi connectivity index (χ1n) is 13.6. The van der Waals surface area contributed by atoms with Crippen LogP contribution in [-0.2, 0) is 0 Å². The molecule has 3 heterocycles. The van der Waals surface area contributed by atoms with Gasteiger partial charge >= 0.3 is 0 Å². The number of fused-ring (bicyclic) bond motifs is 9. The summed E-state index contributed by atoms with van der Waals surface area (Å²) >= 11 is 0. The number of aromatic nitrogens is 3. The van der Waals surface area contributed by atoms with Crippen LogP contribution in [0.15, 0.2) is 140 Å². The fourth-order valence-corrected chi connectivity index (χ4v) is 6.59. The molecule has 0 spiro atoms. The SMILES string of the molecule is c1ccc2cc(-n3c4ccccc4c4c5c6ccccc6n(-c6ccc7ncccc7c6)c5ccc43)ccc2c1. The van der Waals surface area contributed by atoms with Crippen molar-refractivity contribution in [2.45, 2.75) is 0 Å². The van der Waals surface area contributed by atoms with Gasteiger partial charge in [-0.15, -0.1) is 0 Å². The molecular formula is C37H23N3. The Morgan fingerprint density at radius 3 is 1.65 bits per heavy atom. The van der Waals surface area contributed by atoms with Crippen molar-refractivity contribution in [1.82, 2.24) is 14.1 Å².